The second-order valence-electron chi connectivity index (χ2n) is 5.39. The molecule has 5 nitrogen and oxygen atoms in total. The molecule has 0 aliphatic carbocycles. The number of rotatable bonds is 4. The standard InChI is InChI=1S/C18H13FN2O3S/c19-13-4-2-1-3-12(13)18-21-14(9-25-18)17(22)20-8-11-5-6-15-16(7-11)24-10-23-15/h1-7,9H,8,10H2,(H,20,22). The number of carbonyl (C=O) groups excluding carboxylic acids is 1. The smallest absolute Gasteiger partial charge is 0.271 e. The van der Waals surface area contributed by atoms with Crippen molar-refractivity contribution in [2.45, 2.75) is 6.54 Å². The summed E-state index contributed by atoms with van der Waals surface area (Å²) >= 11 is 1.23. The fourth-order valence-corrected chi connectivity index (χ4v) is 3.29. The first kappa shape index (κ1) is 15.6. The van der Waals surface area contributed by atoms with Gasteiger partial charge in [-0.2, -0.15) is 0 Å². The van der Waals surface area contributed by atoms with Crippen LogP contribution in [0.25, 0.3) is 10.6 Å². The molecule has 3 aromatic rings. The lowest BCUT2D eigenvalue weighted by Crippen LogP contribution is -2.23. The molecule has 1 aromatic heterocycles. The molecule has 0 atom stereocenters. The zero-order valence-electron chi connectivity index (χ0n) is 13.0. The molecule has 1 amide bonds. The van der Waals surface area contributed by atoms with Crippen LogP contribution >= 0.6 is 11.3 Å². The van der Waals surface area contributed by atoms with E-state index in [1.807, 2.05) is 18.2 Å². The first-order valence-corrected chi connectivity index (χ1v) is 8.46. The molecule has 0 saturated carbocycles. The van der Waals surface area contributed by atoms with Gasteiger partial charge in [0.05, 0.1) is 0 Å². The van der Waals surface area contributed by atoms with E-state index < -0.39 is 0 Å². The van der Waals surface area contributed by atoms with Gasteiger partial charge < -0.3 is 14.8 Å². The van der Waals surface area contributed by atoms with E-state index >= 15 is 0 Å². The molecule has 2 heterocycles. The molecule has 0 saturated heterocycles. The molecule has 126 valence electrons. The van der Waals surface area contributed by atoms with Gasteiger partial charge in [0.1, 0.15) is 16.5 Å². The van der Waals surface area contributed by atoms with Crippen LogP contribution in [0.1, 0.15) is 16.1 Å². The van der Waals surface area contributed by atoms with Crippen LogP contribution in [0.3, 0.4) is 0 Å². The highest BCUT2D eigenvalue weighted by atomic mass is 32.1. The molecule has 4 rings (SSSR count). The molecule has 1 aliphatic heterocycles. The Labute approximate surface area is 147 Å². The lowest BCUT2D eigenvalue weighted by atomic mass is 10.2. The van der Waals surface area contributed by atoms with Gasteiger partial charge in [-0.25, -0.2) is 9.37 Å². The third-order valence-electron chi connectivity index (χ3n) is 3.73. The van der Waals surface area contributed by atoms with E-state index in [9.17, 15) is 9.18 Å². The van der Waals surface area contributed by atoms with Crippen LogP contribution in [0.4, 0.5) is 4.39 Å². The van der Waals surface area contributed by atoms with E-state index in [1.54, 1.807) is 23.6 Å². The highest BCUT2D eigenvalue weighted by Gasteiger charge is 2.16. The van der Waals surface area contributed by atoms with E-state index in [2.05, 4.69) is 10.3 Å². The fraction of sp³-hybridized carbons (Fsp3) is 0.111. The number of nitrogens with one attached hydrogen (secondary N) is 1. The molecule has 7 heteroatoms. The van der Waals surface area contributed by atoms with Gasteiger partial charge in [0.25, 0.3) is 5.91 Å². The number of aromatic nitrogens is 1. The SMILES string of the molecule is O=C(NCc1ccc2c(c1)OCO2)c1csc(-c2ccccc2F)n1. The predicted octanol–water partition coefficient (Wildman–Crippen LogP) is 3.61. The number of halogens is 1. The largest absolute Gasteiger partial charge is 0.454 e. The van der Waals surface area contributed by atoms with E-state index in [-0.39, 0.29) is 24.2 Å². The minimum Gasteiger partial charge on any atom is -0.454 e. The molecule has 0 fully saturated rings. The van der Waals surface area contributed by atoms with Crippen LogP contribution in [0.15, 0.2) is 47.8 Å². The van der Waals surface area contributed by atoms with Gasteiger partial charge in [0, 0.05) is 17.5 Å². The van der Waals surface area contributed by atoms with Gasteiger partial charge in [-0.1, -0.05) is 18.2 Å². The molecule has 0 radical (unpaired) electrons. The number of fused-ring (bicyclic) bond motifs is 1. The summed E-state index contributed by atoms with van der Waals surface area (Å²) in [6, 6.07) is 11.9. The van der Waals surface area contributed by atoms with E-state index in [0.29, 0.717) is 28.6 Å². The molecule has 0 unspecified atom stereocenters. The number of ether oxygens (including phenoxy) is 2. The maximum absolute atomic E-state index is 13.8. The van der Waals surface area contributed by atoms with Crippen molar-refractivity contribution >= 4 is 17.2 Å². The third kappa shape index (κ3) is 3.18. The Hall–Kier alpha value is -2.93. The van der Waals surface area contributed by atoms with E-state index in [1.165, 1.54) is 17.4 Å². The molecule has 1 aliphatic rings. The van der Waals surface area contributed by atoms with Gasteiger partial charge in [-0.05, 0) is 29.8 Å². The highest BCUT2D eigenvalue weighted by Crippen LogP contribution is 2.32. The average Bonchev–Trinajstić information content (AvgIpc) is 3.29. The molecule has 0 bridgehead atoms. The van der Waals surface area contributed by atoms with Gasteiger partial charge >= 0.3 is 0 Å². The number of hydrogen-bond donors (Lipinski definition) is 1. The highest BCUT2D eigenvalue weighted by molar-refractivity contribution is 7.13. The fourth-order valence-electron chi connectivity index (χ4n) is 2.46. The summed E-state index contributed by atoms with van der Waals surface area (Å²) in [6.45, 7) is 0.546. The summed E-state index contributed by atoms with van der Waals surface area (Å²) in [5, 5.41) is 4.90. The minimum absolute atomic E-state index is 0.211. The summed E-state index contributed by atoms with van der Waals surface area (Å²) in [5.41, 5.74) is 1.55. The Bertz CT molecular complexity index is 942. The van der Waals surface area contributed by atoms with Gasteiger partial charge in [0.2, 0.25) is 6.79 Å². The van der Waals surface area contributed by atoms with Crippen molar-refractivity contribution in [3.63, 3.8) is 0 Å². The summed E-state index contributed by atoms with van der Waals surface area (Å²) in [5.74, 6) is 0.701. The van der Waals surface area contributed by atoms with Crippen molar-refractivity contribution in [3.8, 4) is 22.1 Å². The number of benzene rings is 2. The number of amides is 1. The van der Waals surface area contributed by atoms with Crippen molar-refractivity contribution in [1.29, 1.82) is 0 Å². The second-order valence-corrected chi connectivity index (χ2v) is 6.25. The van der Waals surface area contributed by atoms with Gasteiger partial charge in [-0.15, -0.1) is 11.3 Å². The monoisotopic (exact) mass is 356 g/mol. The predicted molar refractivity (Wildman–Crippen MR) is 91.2 cm³/mol. The summed E-state index contributed by atoms with van der Waals surface area (Å²) < 4.78 is 24.4. The van der Waals surface area contributed by atoms with Crippen molar-refractivity contribution in [1.82, 2.24) is 10.3 Å². The van der Waals surface area contributed by atoms with Crippen LogP contribution in [-0.2, 0) is 6.54 Å². The molecule has 2 aromatic carbocycles. The van der Waals surface area contributed by atoms with Crippen LogP contribution in [-0.4, -0.2) is 17.7 Å². The number of nitrogens with zero attached hydrogens (tertiary/aromatic N) is 1. The second kappa shape index (κ2) is 6.52. The first-order valence-electron chi connectivity index (χ1n) is 7.58. The van der Waals surface area contributed by atoms with Gasteiger partial charge in [0.15, 0.2) is 11.5 Å². The number of carbonyl (C=O) groups is 1. The average molecular weight is 356 g/mol. The first-order chi connectivity index (χ1) is 12.2. The number of thiazole rings is 1. The van der Waals surface area contributed by atoms with Crippen molar-refractivity contribution in [3.05, 3.63) is 64.9 Å². The molecule has 0 spiro atoms. The molecular formula is C18H13FN2O3S. The summed E-state index contributed by atoms with van der Waals surface area (Å²) in [7, 11) is 0. The zero-order valence-corrected chi connectivity index (χ0v) is 13.8. The lowest BCUT2D eigenvalue weighted by Gasteiger charge is -2.04. The van der Waals surface area contributed by atoms with Crippen molar-refractivity contribution in [2.75, 3.05) is 6.79 Å². The minimum atomic E-state index is -0.357. The zero-order chi connectivity index (χ0) is 17.2. The Morgan fingerprint density at radius 1 is 1.20 bits per heavy atom. The Balaban J connectivity index is 1.44. The van der Waals surface area contributed by atoms with Crippen molar-refractivity contribution < 1.29 is 18.7 Å². The van der Waals surface area contributed by atoms with Crippen molar-refractivity contribution in [2.24, 2.45) is 0 Å². The topological polar surface area (TPSA) is 60.5 Å². The Morgan fingerprint density at radius 3 is 2.92 bits per heavy atom. The normalized spacial score (nSPS) is 12.2. The van der Waals surface area contributed by atoms with Crippen LogP contribution in [0.5, 0.6) is 11.5 Å². The number of hydrogen-bond acceptors (Lipinski definition) is 5. The molecular weight excluding hydrogens is 343 g/mol. The quantitative estimate of drug-likeness (QED) is 0.776. The summed E-state index contributed by atoms with van der Waals surface area (Å²) in [4.78, 5) is 16.5. The van der Waals surface area contributed by atoms with Crippen LogP contribution in [0.2, 0.25) is 0 Å². The maximum Gasteiger partial charge on any atom is 0.271 e. The molecule has 25 heavy (non-hydrogen) atoms. The van der Waals surface area contributed by atoms with Crippen LogP contribution in [0, 0.1) is 5.82 Å². The summed E-state index contributed by atoms with van der Waals surface area (Å²) in [6.07, 6.45) is 0. The third-order valence-corrected chi connectivity index (χ3v) is 4.61. The van der Waals surface area contributed by atoms with E-state index in [4.69, 9.17) is 9.47 Å². The Morgan fingerprint density at radius 2 is 2.04 bits per heavy atom. The molecule has 1 N–H and O–H groups in total. The van der Waals surface area contributed by atoms with E-state index in [0.717, 1.165) is 5.56 Å². The maximum atomic E-state index is 13.8. The lowest BCUT2D eigenvalue weighted by molar-refractivity contribution is 0.0946. The van der Waals surface area contributed by atoms with Crippen LogP contribution < -0.4 is 14.8 Å². The van der Waals surface area contributed by atoms with Gasteiger partial charge in [-0.3, -0.25) is 4.79 Å². The Kier molecular flexibility index (Phi) is 4.07.